The highest BCUT2D eigenvalue weighted by Gasteiger charge is 2.33. The zero-order chi connectivity index (χ0) is 64.4. The number of nitrogens with zero attached hydrogens (tertiary/aromatic N) is 11. The number of aryl methyl sites for hydroxylation is 2. The van der Waals surface area contributed by atoms with Gasteiger partial charge in [0.05, 0.1) is 16.8 Å². The molecule has 5 N–H and O–H groups in total. The van der Waals surface area contributed by atoms with Gasteiger partial charge in [-0.2, -0.15) is 13.2 Å². The first-order valence-electron chi connectivity index (χ1n) is 29.0. The van der Waals surface area contributed by atoms with Crippen molar-refractivity contribution >= 4 is 46.1 Å². The minimum absolute atomic E-state index is 0.0457. The molecule has 2 saturated heterocycles. The maximum Gasteiger partial charge on any atom is 0.446 e. The lowest BCUT2D eigenvalue weighted by atomic mass is 10.1. The number of nitrogens with two attached hydrogens (primary N) is 2. The predicted octanol–water partition coefficient (Wildman–Crippen LogP) is 12.5. The van der Waals surface area contributed by atoms with E-state index in [2.05, 4.69) is 56.0 Å². The maximum absolute atomic E-state index is 14.4. The summed E-state index contributed by atoms with van der Waals surface area (Å²) in [6.45, 7) is 12.7. The van der Waals surface area contributed by atoms with Crippen molar-refractivity contribution in [2.24, 2.45) is 0 Å². The quantitative estimate of drug-likeness (QED) is 0.0600. The molecule has 10 aromatic rings. The number of carbonyl (C=O) groups excluding carboxylic acids is 2. The van der Waals surface area contributed by atoms with Crippen molar-refractivity contribution in [1.29, 1.82) is 0 Å². The first-order chi connectivity index (χ1) is 43.6. The SMILES string of the molecule is Cc1ncc(COc2cc(F)cc(Oc3ccc(-c4cn(C[C@H]5CCCN5)c5ncnc(N)c45)cc3)c2)cn1.Cc1ncc(COc2cc(F)cc(Oc3ccc(-c4cn(C[C@H]5CCCN5C(=O)OC(C)(C)C)c5ncnc(N)c45)cc3)c2)cn1.O=CC(F)(F)F. The highest BCUT2D eigenvalue weighted by atomic mass is 19.4. The van der Waals surface area contributed by atoms with Crippen LogP contribution in [0.2, 0.25) is 0 Å². The molecule has 2 aliphatic heterocycles. The fourth-order valence-electron chi connectivity index (χ4n) is 10.3. The van der Waals surface area contributed by atoms with Crippen molar-refractivity contribution in [2.75, 3.05) is 24.6 Å². The van der Waals surface area contributed by atoms with Gasteiger partial charge in [-0.3, -0.25) is 4.79 Å². The minimum Gasteiger partial charge on any atom is -0.489 e. The van der Waals surface area contributed by atoms with Gasteiger partial charge in [-0.25, -0.2) is 53.4 Å². The van der Waals surface area contributed by atoms with E-state index in [9.17, 15) is 26.7 Å². The van der Waals surface area contributed by atoms with Crippen molar-refractivity contribution in [3.8, 4) is 56.8 Å². The van der Waals surface area contributed by atoms with E-state index < -0.39 is 29.7 Å². The highest BCUT2D eigenvalue weighted by Crippen LogP contribution is 2.38. The Bertz CT molecular complexity index is 4140. The molecule has 472 valence electrons. The lowest BCUT2D eigenvalue weighted by Gasteiger charge is -2.28. The zero-order valence-corrected chi connectivity index (χ0v) is 50.3. The molecule has 0 bridgehead atoms. The van der Waals surface area contributed by atoms with Crippen molar-refractivity contribution < 1.29 is 55.2 Å². The third kappa shape index (κ3) is 16.9. The van der Waals surface area contributed by atoms with Crippen LogP contribution in [0.1, 0.15) is 69.2 Å². The first-order valence-corrected chi connectivity index (χ1v) is 29.0. The molecule has 2 fully saturated rings. The summed E-state index contributed by atoms with van der Waals surface area (Å²) in [7, 11) is 0. The number of ether oxygens (including phenoxy) is 5. The van der Waals surface area contributed by atoms with E-state index >= 15 is 0 Å². The number of anilines is 2. The Hall–Kier alpha value is -10.4. The smallest absolute Gasteiger partial charge is 0.446 e. The minimum atomic E-state index is -4.64. The molecule has 91 heavy (non-hydrogen) atoms. The number of aldehydes is 1. The fourth-order valence-corrected chi connectivity index (χ4v) is 10.3. The van der Waals surface area contributed by atoms with Gasteiger partial charge in [-0.1, -0.05) is 24.3 Å². The number of hydrogen-bond acceptors (Lipinski definition) is 18. The number of fused-ring (bicyclic) bond motifs is 2. The second kappa shape index (κ2) is 28.0. The summed E-state index contributed by atoms with van der Waals surface area (Å²) in [5.74, 6) is 3.56. The van der Waals surface area contributed by atoms with Gasteiger partial charge in [0.2, 0.25) is 6.29 Å². The van der Waals surface area contributed by atoms with Crippen LogP contribution >= 0.6 is 0 Å². The number of carbonyl (C=O) groups is 2. The third-order valence-corrected chi connectivity index (χ3v) is 14.5. The van der Waals surface area contributed by atoms with Crippen LogP contribution in [0.15, 0.2) is 135 Å². The van der Waals surface area contributed by atoms with E-state index in [-0.39, 0.29) is 25.3 Å². The lowest BCUT2D eigenvalue weighted by molar-refractivity contribution is -0.156. The highest BCUT2D eigenvalue weighted by molar-refractivity contribution is 6.01. The summed E-state index contributed by atoms with van der Waals surface area (Å²) in [5.41, 5.74) is 18.8. The topological polar surface area (TPSA) is 261 Å². The molecule has 26 heteroatoms. The van der Waals surface area contributed by atoms with Crippen LogP contribution in [-0.2, 0) is 35.8 Å². The monoisotopic (exact) mass is 1250 g/mol. The molecule has 0 saturated carbocycles. The van der Waals surface area contributed by atoms with Gasteiger partial charge in [0.25, 0.3) is 0 Å². The van der Waals surface area contributed by atoms with E-state index in [0.717, 1.165) is 82.2 Å². The standard InChI is InChI=1S/C34H36FN7O4.C29H28FN7O2.C2HF3O/c1-21-37-15-22(16-38-21)19-44-27-12-24(35)13-28(14-27)45-26-9-7-23(8-10-26)29-18-41(32-30(29)31(36)39-20-40-32)17-25-6-5-11-42(25)33(43)46-34(2,3)4;1-18-33-12-19(13-34-18)16-38-24-9-21(30)10-25(11-24)39-23-6-4-20(5-7-23)26-15-37(14-22-3-2-8-32-22)29-27(26)28(31)35-17-36-29;3-2(4,5)1-6/h7-10,12-16,18,20,25H,5-6,11,17,19H2,1-4H3,(H2,36,39,40);4-7,9-13,15,17,22,32H,2-3,8,14,16H2,1H3,(H2,31,35,36);1H/t25-;22-;/m11./s1. The van der Waals surface area contributed by atoms with Crippen molar-refractivity contribution in [1.82, 2.24) is 59.2 Å². The molecule has 1 amide bonds. The van der Waals surface area contributed by atoms with Crippen LogP contribution < -0.4 is 35.7 Å². The average Bonchev–Trinajstić information content (AvgIpc) is 1.67. The molecule has 0 aliphatic carbocycles. The molecule has 2 atom stereocenters. The van der Waals surface area contributed by atoms with E-state index in [1.165, 1.54) is 43.3 Å². The predicted molar refractivity (Wildman–Crippen MR) is 329 cm³/mol. The van der Waals surface area contributed by atoms with E-state index in [1.807, 2.05) is 74.9 Å². The van der Waals surface area contributed by atoms with E-state index in [4.69, 9.17) is 39.9 Å². The molecular weight excluding hydrogens is 1180 g/mol. The van der Waals surface area contributed by atoms with Gasteiger partial charge >= 0.3 is 12.3 Å². The van der Waals surface area contributed by atoms with Gasteiger partial charge in [0, 0.05) is 122 Å². The Morgan fingerprint density at radius 1 is 0.615 bits per heavy atom. The van der Waals surface area contributed by atoms with Gasteiger partial charge in [-0.05, 0) is 102 Å². The zero-order valence-electron chi connectivity index (χ0n) is 50.3. The second-order valence-corrected chi connectivity index (χ2v) is 22.6. The Morgan fingerprint density at radius 3 is 1.49 bits per heavy atom. The number of hydrogen-bond donors (Lipinski definition) is 3. The summed E-state index contributed by atoms with van der Waals surface area (Å²) in [5, 5.41) is 5.09. The van der Waals surface area contributed by atoms with Crippen LogP contribution in [0.4, 0.5) is 38.4 Å². The molecular formula is C65H65F5N14O7. The third-order valence-electron chi connectivity index (χ3n) is 14.5. The molecule has 0 spiro atoms. The fraction of sp³-hybridized carbons (Fsp3) is 0.292. The number of likely N-dealkylation sites (tertiary alicyclic amines) is 1. The van der Waals surface area contributed by atoms with Gasteiger partial charge in [0.15, 0.2) is 0 Å². The summed E-state index contributed by atoms with van der Waals surface area (Å²) in [4.78, 5) is 57.6. The Kier molecular flexibility index (Phi) is 19.6. The van der Waals surface area contributed by atoms with Crippen LogP contribution in [0, 0.1) is 25.5 Å². The molecule has 6 aromatic heterocycles. The van der Waals surface area contributed by atoms with Crippen LogP contribution in [0.25, 0.3) is 44.3 Å². The normalized spacial score (nSPS) is 14.7. The summed E-state index contributed by atoms with van der Waals surface area (Å²) in [6, 6.07) is 23.8. The summed E-state index contributed by atoms with van der Waals surface area (Å²) >= 11 is 0. The number of nitrogen functional groups attached to an aromatic ring is 2. The maximum atomic E-state index is 14.4. The largest absolute Gasteiger partial charge is 0.489 e. The van der Waals surface area contributed by atoms with Gasteiger partial charge in [0.1, 0.15) is 112 Å². The van der Waals surface area contributed by atoms with Crippen LogP contribution in [0.5, 0.6) is 34.5 Å². The molecule has 2 aliphatic rings. The number of alkyl halides is 3. The number of rotatable bonds is 16. The number of halogens is 5. The second-order valence-electron chi connectivity index (χ2n) is 22.6. The Morgan fingerprint density at radius 2 is 1.07 bits per heavy atom. The average molecular weight is 1250 g/mol. The van der Waals surface area contributed by atoms with E-state index in [0.29, 0.717) is 82.6 Å². The summed E-state index contributed by atoms with van der Waals surface area (Å²) < 4.78 is 93.3. The molecule has 8 heterocycles. The molecule has 4 aromatic carbocycles. The number of nitrogens with one attached hydrogen (secondary N) is 1. The van der Waals surface area contributed by atoms with Crippen molar-refractivity contribution in [3.63, 3.8) is 0 Å². The molecule has 0 radical (unpaired) electrons. The lowest BCUT2D eigenvalue weighted by Crippen LogP contribution is -2.41. The number of aromatic nitrogens is 10. The Labute approximate surface area is 519 Å². The van der Waals surface area contributed by atoms with Crippen LogP contribution in [-0.4, -0.2) is 103 Å². The molecule has 0 unspecified atom stereocenters. The van der Waals surface area contributed by atoms with E-state index in [1.54, 1.807) is 60.9 Å². The first kappa shape index (κ1) is 63.6. The van der Waals surface area contributed by atoms with Crippen molar-refractivity contribution in [3.05, 3.63) is 169 Å². The van der Waals surface area contributed by atoms with Crippen LogP contribution in [0.3, 0.4) is 0 Å². The molecule has 12 rings (SSSR count). The van der Waals surface area contributed by atoms with Gasteiger partial charge < -0.3 is 54.5 Å². The molecule has 21 nitrogen and oxygen atoms in total. The van der Waals surface area contributed by atoms with Gasteiger partial charge in [-0.15, -0.1) is 0 Å². The summed E-state index contributed by atoms with van der Waals surface area (Å²) in [6.07, 6.45) is 11.8. The number of amides is 1. The Balaban J connectivity index is 0.000000185. The van der Waals surface area contributed by atoms with Crippen molar-refractivity contribution in [2.45, 2.75) is 110 Å². The number of benzene rings is 4.